The molecule has 8 rings (SSSR count). The van der Waals surface area contributed by atoms with Gasteiger partial charge in [-0.2, -0.15) is 4.57 Å². The number of fused-ring (bicyclic) bond motifs is 4. The van der Waals surface area contributed by atoms with Crippen LogP contribution in [0.15, 0.2) is 118 Å². The van der Waals surface area contributed by atoms with Crippen LogP contribution in [-0.4, -0.2) is 44.0 Å². The van der Waals surface area contributed by atoms with Gasteiger partial charge in [-0.25, -0.2) is 16.8 Å². The molecule has 0 aliphatic carbocycles. The van der Waals surface area contributed by atoms with E-state index >= 15 is 0 Å². The molecule has 1 aliphatic heterocycles. The van der Waals surface area contributed by atoms with E-state index in [2.05, 4.69) is 35.0 Å². The summed E-state index contributed by atoms with van der Waals surface area (Å²) in [5.74, 6) is 0.495. The molecule has 0 atom stereocenters. The molecule has 0 amide bonds. The van der Waals surface area contributed by atoms with Crippen molar-refractivity contribution in [2.75, 3.05) is 23.0 Å². The Morgan fingerprint density at radius 1 is 0.800 bits per heavy atom. The fourth-order valence-electron chi connectivity index (χ4n) is 6.98. The summed E-state index contributed by atoms with van der Waals surface area (Å²) in [6.45, 7) is 2.43. The molecular formula is C41H35N2O8S4-. The normalized spacial score (nSPS) is 14.4. The monoisotopic (exact) mass is 811 g/mol. The van der Waals surface area contributed by atoms with E-state index in [4.69, 9.17) is 9.15 Å². The van der Waals surface area contributed by atoms with Gasteiger partial charge < -0.3 is 23.2 Å². The summed E-state index contributed by atoms with van der Waals surface area (Å²) in [6, 6.07) is 28.2. The Kier molecular flexibility index (Phi) is 10.1. The van der Waals surface area contributed by atoms with Gasteiger partial charge in [-0.15, -0.1) is 22.7 Å². The van der Waals surface area contributed by atoms with Crippen molar-refractivity contribution < 1.29 is 39.7 Å². The van der Waals surface area contributed by atoms with Gasteiger partial charge in [0.05, 0.1) is 32.0 Å². The Hall–Kier alpha value is -4.83. The molecule has 0 unspecified atom stereocenters. The molecule has 1 aliphatic rings. The molecule has 0 fully saturated rings. The van der Waals surface area contributed by atoms with Crippen LogP contribution >= 0.6 is 22.7 Å². The zero-order valence-corrected chi connectivity index (χ0v) is 32.9. The molecule has 55 heavy (non-hydrogen) atoms. The predicted molar refractivity (Wildman–Crippen MR) is 217 cm³/mol. The molecular weight excluding hydrogens is 777 g/mol. The SMILES string of the molecule is CCC(/C=C1\Oc2ccc(-c3csc4ccccc34)cc2N1CCCS(=O)(=O)[O-])=C\c1oc2ccc(-c3csc4ccccc34)cc2[n+]1CCCS(=O)(=O)[O-]. The molecule has 10 nitrogen and oxygen atoms in total. The Balaban J connectivity index is 1.18. The lowest BCUT2D eigenvalue weighted by Crippen LogP contribution is -2.36. The first kappa shape index (κ1) is 37.1. The van der Waals surface area contributed by atoms with Crippen molar-refractivity contribution in [2.24, 2.45) is 0 Å². The van der Waals surface area contributed by atoms with Crippen molar-refractivity contribution in [3.05, 3.63) is 119 Å². The van der Waals surface area contributed by atoms with Crippen molar-refractivity contribution >= 4 is 85.9 Å². The lowest BCUT2D eigenvalue weighted by atomic mass is 10.0. The van der Waals surface area contributed by atoms with Crippen LogP contribution < -0.4 is 14.2 Å². The van der Waals surface area contributed by atoms with Gasteiger partial charge in [0.15, 0.2) is 12.3 Å². The number of thiophene rings is 2. The van der Waals surface area contributed by atoms with E-state index in [9.17, 15) is 25.9 Å². The van der Waals surface area contributed by atoms with Crippen molar-refractivity contribution in [1.29, 1.82) is 0 Å². The number of allylic oxidation sites excluding steroid dienone is 2. The molecule has 0 N–H and O–H groups in total. The van der Waals surface area contributed by atoms with Crippen molar-refractivity contribution in [1.82, 2.24) is 0 Å². The summed E-state index contributed by atoms with van der Waals surface area (Å²) >= 11 is 3.32. The summed E-state index contributed by atoms with van der Waals surface area (Å²) in [5, 5.41) is 6.49. The number of hydrogen-bond donors (Lipinski definition) is 0. The molecule has 0 radical (unpaired) electrons. The van der Waals surface area contributed by atoms with Crippen LogP contribution in [0.2, 0.25) is 0 Å². The number of rotatable bonds is 13. The topological polar surface area (TPSA) is 144 Å². The molecule has 0 saturated carbocycles. The number of anilines is 1. The van der Waals surface area contributed by atoms with Gasteiger partial charge in [0.1, 0.15) is 0 Å². The molecule has 4 aromatic carbocycles. The third-order valence-corrected chi connectivity index (χ3v) is 13.1. The van der Waals surface area contributed by atoms with Crippen molar-refractivity contribution in [2.45, 2.75) is 32.7 Å². The van der Waals surface area contributed by atoms with Crippen LogP contribution in [0.1, 0.15) is 32.1 Å². The minimum absolute atomic E-state index is 0.0939. The van der Waals surface area contributed by atoms with Crippen LogP contribution in [0.5, 0.6) is 5.75 Å². The molecule has 0 spiro atoms. The molecule has 7 aromatic rings. The van der Waals surface area contributed by atoms with Crippen LogP contribution in [0.25, 0.3) is 59.6 Å². The number of hydrogen-bond acceptors (Lipinski definition) is 11. The van der Waals surface area contributed by atoms with E-state index in [1.807, 2.05) is 89.2 Å². The number of aryl methyl sites for hydroxylation is 1. The van der Waals surface area contributed by atoms with E-state index in [1.54, 1.807) is 22.7 Å². The minimum atomic E-state index is -4.43. The van der Waals surface area contributed by atoms with Crippen LogP contribution in [0.4, 0.5) is 5.69 Å². The van der Waals surface area contributed by atoms with E-state index in [1.165, 1.54) is 9.40 Å². The molecule has 3 aromatic heterocycles. The fraction of sp³-hybridized carbons (Fsp3) is 0.195. The van der Waals surface area contributed by atoms with Gasteiger partial charge in [0, 0.05) is 67.9 Å². The summed E-state index contributed by atoms with van der Waals surface area (Å²) in [7, 11) is -8.86. The highest BCUT2D eigenvalue weighted by Crippen LogP contribution is 2.44. The Labute approximate surface area is 326 Å². The third kappa shape index (κ3) is 7.97. The summed E-state index contributed by atoms with van der Waals surface area (Å²) in [5.41, 5.74) is 7.02. The maximum absolute atomic E-state index is 11.6. The largest absolute Gasteiger partial charge is 0.748 e. The first-order valence-corrected chi connectivity index (χ1v) is 22.6. The number of ether oxygens (including phenoxy) is 1. The van der Waals surface area contributed by atoms with Gasteiger partial charge in [0.2, 0.25) is 11.5 Å². The predicted octanol–water partition coefficient (Wildman–Crippen LogP) is 8.89. The summed E-state index contributed by atoms with van der Waals surface area (Å²) < 4.78 is 86.5. The zero-order valence-electron chi connectivity index (χ0n) is 29.6. The molecule has 282 valence electrons. The average molecular weight is 812 g/mol. The summed E-state index contributed by atoms with van der Waals surface area (Å²) in [6.07, 6.45) is 4.48. The first-order valence-electron chi connectivity index (χ1n) is 17.7. The van der Waals surface area contributed by atoms with Gasteiger partial charge in [-0.3, -0.25) is 0 Å². The maximum atomic E-state index is 11.6. The highest BCUT2D eigenvalue weighted by Gasteiger charge is 2.28. The Morgan fingerprint density at radius 3 is 2.07 bits per heavy atom. The van der Waals surface area contributed by atoms with Crippen LogP contribution in [-0.2, 0) is 26.8 Å². The average Bonchev–Trinajstić information content (AvgIpc) is 3.93. The smallest absolute Gasteiger partial charge is 0.374 e. The lowest BCUT2D eigenvalue weighted by molar-refractivity contribution is -0.677. The van der Waals surface area contributed by atoms with Gasteiger partial charge in [0.25, 0.3) is 5.52 Å². The summed E-state index contributed by atoms with van der Waals surface area (Å²) in [4.78, 5) is 1.89. The second-order valence-corrected chi connectivity index (χ2v) is 18.2. The van der Waals surface area contributed by atoms with Gasteiger partial charge >= 0.3 is 5.89 Å². The van der Waals surface area contributed by atoms with E-state index in [0.29, 0.717) is 29.5 Å². The number of nitrogens with zero attached hydrogens (tertiary/aromatic N) is 2. The quantitative estimate of drug-likeness (QED) is 0.0824. The second kappa shape index (κ2) is 15.0. The fourth-order valence-corrected chi connectivity index (χ4v) is 9.88. The number of benzene rings is 4. The van der Waals surface area contributed by atoms with E-state index < -0.39 is 31.7 Å². The second-order valence-electron chi connectivity index (χ2n) is 13.3. The first-order chi connectivity index (χ1) is 26.4. The number of aromatic nitrogens is 1. The Bertz CT molecular complexity index is 2870. The number of oxazole rings is 1. The third-order valence-electron chi connectivity index (χ3n) is 9.62. The molecule has 4 heterocycles. The van der Waals surface area contributed by atoms with E-state index in [-0.39, 0.29) is 25.9 Å². The Morgan fingerprint density at radius 2 is 1.42 bits per heavy atom. The van der Waals surface area contributed by atoms with Crippen LogP contribution in [0, 0.1) is 0 Å². The van der Waals surface area contributed by atoms with Crippen LogP contribution in [0.3, 0.4) is 0 Å². The standard InChI is InChI=1S/C41H36N2O8S4/c1-2-27(21-40-42(17-7-19-54(44,45)46)34-23-28(13-15-36(34)50-40)32-25-52-38-11-5-3-9-30(32)38)22-41-43(18-8-20-55(47,48)49)35-24-29(14-16-37(35)51-41)33-26-53-39-12-6-4-10-31(33)39/h3-6,9-16,21-26H,2,7-8,17-20H2,1H3,(H-,44,45,46,47,48,49)/p-1. The molecule has 0 bridgehead atoms. The minimum Gasteiger partial charge on any atom is -0.748 e. The van der Waals surface area contributed by atoms with E-state index in [0.717, 1.165) is 49.8 Å². The highest BCUT2D eigenvalue weighted by molar-refractivity contribution is 7.85. The lowest BCUT2D eigenvalue weighted by Gasteiger charge is -2.19. The van der Waals surface area contributed by atoms with Crippen molar-refractivity contribution in [3.8, 4) is 28.0 Å². The van der Waals surface area contributed by atoms with Gasteiger partial charge in [-0.05, 0) is 70.6 Å². The molecule has 14 heteroatoms. The highest BCUT2D eigenvalue weighted by atomic mass is 32.2. The molecule has 0 saturated heterocycles. The maximum Gasteiger partial charge on any atom is 0.374 e. The van der Waals surface area contributed by atoms with Gasteiger partial charge in [-0.1, -0.05) is 55.5 Å². The zero-order chi connectivity index (χ0) is 38.3. The van der Waals surface area contributed by atoms with Crippen molar-refractivity contribution in [3.63, 3.8) is 0 Å².